The summed E-state index contributed by atoms with van der Waals surface area (Å²) in [7, 11) is 0. The number of aromatic nitrogens is 2. The molecule has 5 nitrogen and oxygen atoms in total. The van der Waals surface area contributed by atoms with Crippen molar-refractivity contribution in [2.75, 3.05) is 5.75 Å². The van der Waals surface area contributed by atoms with Crippen LogP contribution in [0.3, 0.4) is 0 Å². The van der Waals surface area contributed by atoms with Gasteiger partial charge in [0.2, 0.25) is 5.91 Å². The second-order valence-electron chi connectivity index (χ2n) is 6.72. The smallest absolute Gasteiger partial charge is 0.263 e. The Labute approximate surface area is 170 Å². The molecule has 3 aromatic rings. The molecule has 144 valence electrons. The zero-order chi connectivity index (χ0) is 19.7. The van der Waals surface area contributed by atoms with Gasteiger partial charge in [0.25, 0.3) is 5.56 Å². The number of nitrogens with zero attached hydrogens (tertiary/aromatic N) is 2. The third-order valence-corrected chi connectivity index (χ3v) is 7.51. The van der Waals surface area contributed by atoms with E-state index in [0.717, 1.165) is 20.1 Å². The quantitative estimate of drug-likeness (QED) is 0.463. The van der Waals surface area contributed by atoms with Gasteiger partial charge >= 0.3 is 0 Å². The van der Waals surface area contributed by atoms with Gasteiger partial charge in [-0.2, -0.15) is 0 Å². The van der Waals surface area contributed by atoms with E-state index >= 15 is 0 Å². The van der Waals surface area contributed by atoms with Gasteiger partial charge in [0.15, 0.2) is 5.16 Å². The number of thioether (sulfide) groups is 1. The van der Waals surface area contributed by atoms with Crippen LogP contribution in [0.1, 0.15) is 48.2 Å². The fourth-order valence-corrected chi connectivity index (χ4v) is 5.61. The number of carbonyl (C=O) groups is 1. The lowest BCUT2D eigenvalue weighted by atomic mass is 10.2. The number of hydrogen-bond acceptors (Lipinski definition) is 6. The Hall–Kier alpha value is -1.64. The molecule has 0 saturated heterocycles. The fraction of sp³-hybridized carbons (Fsp3) is 0.421. The van der Waals surface area contributed by atoms with Crippen molar-refractivity contribution in [2.24, 2.45) is 0 Å². The second kappa shape index (κ2) is 8.16. The van der Waals surface area contributed by atoms with Gasteiger partial charge in [0, 0.05) is 15.8 Å². The van der Waals surface area contributed by atoms with E-state index in [9.17, 15) is 9.59 Å². The molecule has 0 spiro atoms. The van der Waals surface area contributed by atoms with Crippen molar-refractivity contribution in [3.05, 3.63) is 43.2 Å². The Bertz CT molecular complexity index is 1020. The lowest BCUT2D eigenvalue weighted by molar-refractivity contribution is -0.119. The molecule has 0 fully saturated rings. The molecule has 8 heteroatoms. The minimum Gasteiger partial charge on any atom is -0.348 e. The monoisotopic (exact) mass is 421 g/mol. The third-order valence-electron chi connectivity index (χ3n) is 4.40. The highest BCUT2D eigenvalue weighted by molar-refractivity contribution is 7.99. The van der Waals surface area contributed by atoms with Crippen molar-refractivity contribution in [3.63, 3.8) is 0 Å². The molecule has 3 heterocycles. The predicted octanol–water partition coefficient (Wildman–Crippen LogP) is 4.69. The maximum atomic E-state index is 13.0. The SMILES string of the molecule is Cc1sc2nc(SCC(=O)NC(C)c3cccs3)n(C(C)C)c(=O)c2c1C. The number of thiophene rings is 2. The maximum absolute atomic E-state index is 13.0. The molecular formula is C19H23N3O2S3. The van der Waals surface area contributed by atoms with E-state index in [2.05, 4.69) is 5.32 Å². The standard InChI is InChI=1S/C19H23N3O2S3/c1-10(2)22-18(24)16-11(3)13(5)27-17(16)21-19(22)26-9-15(23)20-12(4)14-7-6-8-25-14/h6-8,10,12H,9H2,1-5H3,(H,20,23). The van der Waals surface area contributed by atoms with Crippen LogP contribution in [0, 0.1) is 13.8 Å². The molecule has 0 aromatic carbocycles. The summed E-state index contributed by atoms with van der Waals surface area (Å²) in [4.78, 5) is 33.1. The van der Waals surface area contributed by atoms with Crippen molar-refractivity contribution in [3.8, 4) is 0 Å². The molecule has 3 aromatic heterocycles. The van der Waals surface area contributed by atoms with E-state index in [1.807, 2.05) is 52.1 Å². The van der Waals surface area contributed by atoms with Gasteiger partial charge in [-0.05, 0) is 51.6 Å². The Kier molecular flexibility index (Phi) is 6.08. The normalized spacial score (nSPS) is 12.7. The fourth-order valence-electron chi connectivity index (χ4n) is 2.87. The highest BCUT2D eigenvalue weighted by Gasteiger charge is 2.19. The first-order chi connectivity index (χ1) is 12.8. The number of fused-ring (bicyclic) bond motifs is 1. The third kappa shape index (κ3) is 4.12. The molecule has 1 amide bonds. The lowest BCUT2D eigenvalue weighted by Gasteiger charge is -2.16. The molecule has 0 aliphatic carbocycles. The average Bonchev–Trinajstić information content (AvgIpc) is 3.22. The van der Waals surface area contributed by atoms with Crippen molar-refractivity contribution in [1.29, 1.82) is 0 Å². The number of nitrogens with one attached hydrogen (secondary N) is 1. The first-order valence-corrected chi connectivity index (χ1v) is 11.5. The molecule has 0 saturated carbocycles. The summed E-state index contributed by atoms with van der Waals surface area (Å²) in [6.07, 6.45) is 0. The minimum atomic E-state index is -0.0657. The molecular weight excluding hydrogens is 398 g/mol. The van der Waals surface area contributed by atoms with Crippen LogP contribution in [0.4, 0.5) is 0 Å². The molecule has 0 aliphatic rings. The van der Waals surface area contributed by atoms with Crippen molar-refractivity contribution < 1.29 is 4.79 Å². The largest absolute Gasteiger partial charge is 0.348 e. The number of rotatable bonds is 6. The topological polar surface area (TPSA) is 64.0 Å². The van der Waals surface area contributed by atoms with Crippen LogP contribution in [0.15, 0.2) is 27.5 Å². The average molecular weight is 422 g/mol. The molecule has 1 atom stereocenters. The first kappa shape index (κ1) is 20.1. The molecule has 0 bridgehead atoms. The van der Waals surface area contributed by atoms with E-state index in [0.29, 0.717) is 10.5 Å². The van der Waals surface area contributed by atoms with Gasteiger partial charge < -0.3 is 5.32 Å². The summed E-state index contributed by atoms with van der Waals surface area (Å²) < 4.78 is 1.70. The Balaban J connectivity index is 1.83. The van der Waals surface area contributed by atoms with E-state index in [1.54, 1.807) is 15.9 Å². The summed E-state index contributed by atoms with van der Waals surface area (Å²) in [6, 6.07) is 3.94. The van der Waals surface area contributed by atoms with Gasteiger partial charge in [-0.1, -0.05) is 17.8 Å². The van der Waals surface area contributed by atoms with E-state index < -0.39 is 0 Å². The molecule has 0 aliphatic heterocycles. The van der Waals surface area contributed by atoms with Crippen molar-refractivity contribution in [2.45, 2.75) is 51.9 Å². The van der Waals surface area contributed by atoms with Crippen LogP contribution < -0.4 is 10.9 Å². The Morgan fingerprint density at radius 2 is 2.07 bits per heavy atom. The number of carbonyl (C=O) groups excluding carboxylic acids is 1. The van der Waals surface area contributed by atoms with Crippen LogP contribution in [0.2, 0.25) is 0 Å². The first-order valence-electron chi connectivity index (χ1n) is 8.77. The summed E-state index contributed by atoms with van der Waals surface area (Å²) in [6.45, 7) is 9.88. The van der Waals surface area contributed by atoms with E-state index in [1.165, 1.54) is 23.1 Å². The summed E-state index contributed by atoms with van der Waals surface area (Å²) in [5.74, 6) is 0.160. The van der Waals surface area contributed by atoms with Gasteiger partial charge in [-0.25, -0.2) is 4.98 Å². The zero-order valence-corrected chi connectivity index (χ0v) is 18.5. The van der Waals surface area contributed by atoms with Crippen LogP contribution in [-0.4, -0.2) is 21.2 Å². The van der Waals surface area contributed by atoms with E-state index in [4.69, 9.17) is 4.98 Å². The summed E-state index contributed by atoms with van der Waals surface area (Å²) in [5.41, 5.74) is 0.979. The molecule has 3 rings (SSSR count). The Morgan fingerprint density at radius 1 is 1.33 bits per heavy atom. The molecule has 0 radical (unpaired) electrons. The highest BCUT2D eigenvalue weighted by Crippen LogP contribution is 2.29. The second-order valence-corrected chi connectivity index (χ2v) is 9.84. The summed E-state index contributed by atoms with van der Waals surface area (Å²) in [5, 5.41) is 6.30. The number of aryl methyl sites for hydroxylation is 2. The Morgan fingerprint density at radius 3 is 2.70 bits per heavy atom. The van der Waals surface area contributed by atoms with Crippen LogP contribution in [0.5, 0.6) is 0 Å². The number of hydrogen-bond donors (Lipinski definition) is 1. The van der Waals surface area contributed by atoms with Gasteiger partial charge in [-0.15, -0.1) is 22.7 Å². The van der Waals surface area contributed by atoms with Crippen molar-refractivity contribution >= 4 is 50.6 Å². The highest BCUT2D eigenvalue weighted by atomic mass is 32.2. The van der Waals surface area contributed by atoms with Gasteiger partial charge in [-0.3, -0.25) is 14.2 Å². The van der Waals surface area contributed by atoms with Crippen LogP contribution >= 0.6 is 34.4 Å². The lowest BCUT2D eigenvalue weighted by Crippen LogP contribution is -2.29. The zero-order valence-electron chi connectivity index (χ0n) is 16.0. The van der Waals surface area contributed by atoms with Gasteiger partial charge in [0.05, 0.1) is 17.2 Å². The maximum Gasteiger partial charge on any atom is 0.263 e. The van der Waals surface area contributed by atoms with E-state index in [-0.39, 0.29) is 29.3 Å². The van der Waals surface area contributed by atoms with Gasteiger partial charge in [0.1, 0.15) is 4.83 Å². The molecule has 1 N–H and O–H groups in total. The van der Waals surface area contributed by atoms with Crippen LogP contribution in [-0.2, 0) is 4.79 Å². The minimum absolute atomic E-state index is 0.0216. The predicted molar refractivity (Wildman–Crippen MR) is 115 cm³/mol. The molecule has 27 heavy (non-hydrogen) atoms. The summed E-state index contributed by atoms with van der Waals surface area (Å²) >= 11 is 4.47. The number of amides is 1. The van der Waals surface area contributed by atoms with Crippen molar-refractivity contribution in [1.82, 2.24) is 14.9 Å². The molecule has 1 unspecified atom stereocenters. The van der Waals surface area contributed by atoms with Crippen LogP contribution in [0.25, 0.3) is 10.2 Å².